The van der Waals surface area contributed by atoms with Gasteiger partial charge in [0.2, 0.25) is 11.8 Å². The molecule has 2 amide bonds. The smallest absolute Gasteiger partial charge is 0.227 e. The summed E-state index contributed by atoms with van der Waals surface area (Å²) in [4.78, 5) is 31.2. The fraction of sp³-hybridized carbons (Fsp3) is 0.533. The van der Waals surface area contributed by atoms with Crippen molar-refractivity contribution in [1.29, 1.82) is 0 Å². The van der Waals surface area contributed by atoms with Crippen molar-refractivity contribution in [3.05, 3.63) is 48.0 Å². The van der Waals surface area contributed by atoms with Crippen molar-refractivity contribution < 1.29 is 23.8 Å². The van der Waals surface area contributed by atoms with Gasteiger partial charge in [-0.25, -0.2) is 0 Å². The Morgan fingerprint density at radius 1 is 0.921 bits per heavy atom. The van der Waals surface area contributed by atoms with Crippen LogP contribution in [0.15, 0.2) is 42.5 Å². The van der Waals surface area contributed by atoms with Crippen molar-refractivity contribution in [3.8, 4) is 17.2 Å². The van der Waals surface area contributed by atoms with Crippen LogP contribution in [0.4, 0.5) is 5.69 Å². The molecule has 0 spiro atoms. The number of ether oxygens (including phenoxy) is 3. The van der Waals surface area contributed by atoms with Gasteiger partial charge in [-0.3, -0.25) is 9.59 Å². The lowest BCUT2D eigenvalue weighted by Gasteiger charge is -2.41. The van der Waals surface area contributed by atoms with Gasteiger partial charge in [-0.05, 0) is 87.3 Å². The molecule has 2 aromatic rings. The summed E-state index contributed by atoms with van der Waals surface area (Å²) in [7, 11) is 4.79. The number of carbonyl (C=O) groups excluding carboxylic acids is 2. The number of methoxy groups -OCH3 is 3. The molecule has 2 fully saturated rings. The van der Waals surface area contributed by atoms with Crippen molar-refractivity contribution in [1.82, 2.24) is 10.2 Å². The van der Waals surface area contributed by atoms with Crippen LogP contribution in [0.1, 0.15) is 56.6 Å². The Labute approximate surface area is 226 Å². The Hall–Kier alpha value is -3.26. The zero-order valence-electron chi connectivity index (χ0n) is 22.9. The van der Waals surface area contributed by atoms with Gasteiger partial charge in [-0.2, -0.15) is 0 Å². The second kappa shape index (κ2) is 13.5. The molecule has 2 unspecified atom stereocenters. The summed E-state index contributed by atoms with van der Waals surface area (Å²) in [6.45, 7) is 3.93. The molecule has 2 atom stereocenters. The monoisotopic (exact) mass is 523 g/mol. The third-order valence-corrected chi connectivity index (χ3v) is 7.68. The number of benzene rings is 2. The van der Waals surface area contributed by atoms with Crippen LogP contribution in [-0.4, -0.2) is 64.2 Å². The first kappa shape index (κ1) is 27.8. The van der Waals surface area contributed by atoms with Gasteiger partial charge in [0.05, 0.1) is 33.3 Å². The molecule has 0 saturated carbocycles. The highest BCUT2D eigenvalue weighted by Crippen LogP contribution is 2.42. The van der Waals surface area contributed by atoms with Gasteiger partial charge in [-0.1, -0.05) is 18.9 Å². The van der Waals surface area contributed by atoms with E-state index in [0.29, 0.717) is 36.6 Å². The molecule has 206 valence electrons. The molecule has 2 aromatic carbocycles. The lowest BCUT2D eigenvalue weighted by Crippen LogP contribution is -2.48. The molecule has 0 bridgehead atoms. The van der Waals surface area contributed by atoms with E-state index in [2.05, 4.69) is 10.2 Å². The van der Waals surface area contributed by atoms with Crippen LogP contribution in [-0.2, 0) is 9.59 Å². The summed E-state index contributed by atoms with van der Waals surface area (Å²) in [6, 6.07) is 12.5. The second-order valence-electron chi connectivity index (χ2n) is 10.1. The van der Waals surface area contributed by atoms with Crippen molar-refractivity contribution in [2.75, 3.05) is 52.4 Å². The second-order valence-corrected chi connectivity index (χ2v) is 10.1. The molecule has 0 radical (unpaired) electrons. The van der Waals surface area contributed by atoms with E-state index in [1.807, 2.05) is 42.5 Å². The van der Waals surface area contributed by atoms with Crippen molar-refractivity contribution in [3.63, 3.8) is 0 Å². The molecule has 4 rings (SSSR count). The van der Waals surface area contributed by atoms with Crippen LogP contribution in [0.2, 0.25) is 0 Å². The predicted molar refractivity (Wildman–Crippen MR) is 148 cm³/mol. The van der Waals surface area contributed by atoms with Crippen molar-refractivity contribution in [2.45, 2.75) is 51.0 Å². The molecule has 0 aromatic heterocycles. The summed E-state index contributed by atoms with van der Waals surface area (Å²) in [5.74, 6) is 1.44. The Bertz CT molecular complexity index is 1070. The Kier molecular flexibility index (Phi) is 9.87. The quantitative estimate of drug-likeness (QED) is 0.459. The van der Waals surface area contributed by atoms with E-state index < -0.39 is 12.0 Å². The molecular formula is C30H41N3O5. The zero-order valence-corrected chi connectivity index (χ0v) is 22.9. The largest absolute Gasteiger partial charge is 0.497 e. The molecule has 0 aliphatic carbocycles. The lowest BCUT2D eigenvalue weighted by molar-refractivity contribution is -0.129. The predicted octanol–water partition coefficient (Wildman–Crippen LogP) is 4.58. The number of amides is 2. The molecule has 8 heteroatoms. The summed E-state index contributed by atoms with van der Waals surface area (Å²) in [5.41, 5.74) is 1.56. The highest BCUT2D eigenvalue weighted by Gasteiger charge is 2.41. The van der Waals surface area contributed by atoms with Crippen LogP contribution < -0.4 is 24.4 Å². The van der Waals surface area contributed by atoms with Crippen molar-refractivity contribution >= 4 is 17.5 Å². The van der Waals surface area contributed by atoms with Gasteiger partial charge in [0.15, 0.2) is 11.5 Å². The van der Waals surface area contributed by atoms with E-state index in [1.54, 1.807) is 26.2 Å². The molecule has 38 heavy (non-hydrogen) atoms. The van der Waals surface area contributed by atoms with Crippen molar-refractivity contribution in [2.24, 2.45) is 5.92 Å². The summed E-state index contributed by atoms with van der Waals surface area (Å²) >= 11 is 0. The van der Waals surface area contributed by atoms with Gasteiger partial charge in [-0.15, -0.1) is 0 Å². The third kappa shape index (κ3) is 6.59. The Balaban J connectivity index is 1.56. The van der Waals surface area contributed by atoms with Gasteiger partial charge >= 0.3 is 0 Å². The van der Waals surface area contributed by atoms with Gasteiger partial charge in [0.1, 0.15) is 5.75 Å². The number of hydrogen-bond acceptors (Lipinski definition) is 6. The maximum atomic E-state index is 13.6. The average Bonchev–Trinajstić information content (AvgIpc) is 3.23. The molecule has 2 aliphatic heterocycles. The van der Waals surface area contributed by atoms with Crippen LogP contribution in [0.3, 0.4) is 0 Å². The van der Waals surface area contributed by atoms with E-state index in [4.69, 9.17) is 14.2 Å². The molecule has 1 N–H and O–H groups in total. The van der Waals surface area contributed by atoms with Gasteiger partial charge in [0, 0.05) is 18.7 Å². The maximum absolute atomic E-state index is 13.6. The molecule has 2 saturated heterocycles. The molecule has 2 aliphatic rings. The Morgan fingerprint density at radius 3 is 2.29 bits per heavy atom. The fourth-order valence-electron chi connectivity index (χ4n) is 5.64. The number of piperidine rings is 1. The fourth-order valence-corrected chi connectivity index (χ4v) is 5.64. The molecule has 2 heterocycles. The van der Waals surface area contributed by atoms with E-state index in [9.17, 15) is 9.59 Å². The number of likely N-dealkylation sites (tertiary alicyclic amines) is 1. The number of nitrogens with one attached hydrogen (secondary N) is 1. The van der Waals surface area contributed by atoms with Crippen LogP contribution in [0, 0.1) is 5.92 Å². The maximum Gasteiger partial charge on any atom is 0.227 e. The number of carbonyl (C=O) groups is 2. The molecular weight excluding hydrogens is 482 g/mol. The summed E-state index contributed by atoms with van der Waals surface area (Å²) < 4.78 is 16.3. The first-order chi connectivity index (χ1) is 18.5. The van der Waals surface area contributed by atoms with Crippen LogP contribution >= 0.6 is 0 Å². The molecule has 8 nitrogen and oxygen atoms in total. The van der Waals surface area contributed by atoms with Gasteiger partial charge < -0.3 is 29.3 Å². The minimum atomic E-state index is -0.477. The minimum absolute atomic E-state index is 0.0137. The first-order valence-corrected chi connectivity index (χ1v) is 13.7. The minimum Gasteiger partial charge on any atom is -0.497 e. The number of hydrogen-bond donors (Lipinski definition) is 1. The van der Waals surface area contributed by atoms with E-state index >= 15 is 0 Å². The zero-order chi connectivity index (χ0) is 26.9. The summed E-state index contributed by atoms with van der Waals surface area (Å²) in [5, 5.41) is 3.18. The summed E-state index contributed by atoms with van der Waals surface area (Å²) in [6.07, 6.45) is 6.86. The van der Waals surface area contributed by atoms with Gasteiger partial charge in [0.25, 0.3) is 0 Å². The van der Waals surface area contributed by atoms with E-state index in [1.165, 1.54) is 25.7 Å². The first-order valence-electron chi connectivity index (χ1n) is 13.7. The highest BCUT2D eigenvalue weighted by atomic mass is 16.5. The SMILES string of the molecule is COc1ccc(N2C(=O)CCC(C(=O)NCCCN3CCCCCC3)C2c2ccc(OC)c(OC)c2)cc1. The topological polar surface area (TPSA) is 80.3 Å². The number of nitrogens with zero attached hydrogens (tertiary/aromatic N) is 2. The van der Waals surface area contributed by atoms with E-state index in [-0.39, 0.29) is 11.8 Å². The highest BCUT2D eigenvalue weighted by molar-refractivity contribution is 5.97. The lowest BCUT2D eigenvalue weighted by atomic mass is 9.83. The van der Waals surface area contributed by atoms with Crippen LogP contribution in [0.25, 0.3) is 0 Å². The van der Waals surface area contributed by atoms with E-state index in [0.717, 1.165) is 37.3 Å². The third-order valence-electron chi connectivity index (χ3n) is 7.68. The normalized spacial score (nSPS) is 20.5. The Morgan fingerprint density at radius 2 is 1.63 bits per heavy atom. The number of anilines is 1. The number of rotatable bonds is 10. The standard InChI is InChI=1S/C30H41N3O5/c1-36-24-12-10-23(11-13-24)33-28(34)16-14-25(29(33)22-9-15-26(37-2)27(21-22)38-3)30(35)31-17-8-20-32-18-6-4-5-7-19-32/h9-13,15,21,25,29H,4-8,14,16-20H2,1-3H3,(H,31,35). The van der Waals surface area contributed by atoms with Crippen LogP contribution in [0.5, 0.6) is 17.2 Å². The average molecular weight is 524 g/mol.